The Morgan fingerprint density at radius 1 is 1.10 bits per heavy atom. The summed E-state index contributed by atoms with van der Waals surface area (Å²) >= 11 is 0. The summed E-state index contributed by atoms with van der Waals surface area (Å²) in [5.74, 6) is 0. The average molecular weight is 266 g/mol. The molecule has 3 rings (SSSR count). The Bertz CT molecular complexity index is 604. The summed E-state index contributed by atoms with van der Waals surface area (Å²) in [5, 5.41) is 7.25. The largest absolute Gasteiger partial charge is 0.378 e. The highest BCUT2D eigenvalue weighted by molar-refractivity contribution is 5.54. The van der Waals surface area contributed by atoms with Gasteiger partial charge in [0.1, 0.15) is 0 Å². The van der Waals surface area contributed by atoms with Gasteiger partial charge in [-0.1, -0.05) is 36.4 Å². The van der Waals surface area contributed by atoms with E-state index in [1.807, 2.05) is 0 Å². The van der Waals surface area contributed by atoms with E-state index in [4.69, 9.17) is 0 Å². The lowest BCUT2D eigenvalue weighted by molar-refractivity contribution is 0.637. The summed E-state index contributed by atoms with van der Waals surface area (Å²) in [4.78, 5) is 0. The first kappa shape index (κ1) is 13.2. The third-order valence-electron chi connectivity index (χ3n) is 4.08. The van der Waals surface area contributed by atoms with Crippen molar-refractivity contribution in [3.63, 3.8) is 0 Å². The molecular formula is C18H22N2. The molecule has 0 saturated heterocycles. The molecule has 104 valence electrons. The maximum atomic E-state index is 3.75. The minimum Gasteiger partial charge on any atom is -0.378 e. The van der Waals surface area contributed by atoms with Gasteiger partial charge < -0.3 is 10.6 Å². The van der Waals surface area contributed by atoms with Crippen LogP contribution in [0.4, 0.5) is 5.69 Å². The number of anilines is 1. The Kier molecular flexibility index (Phi) is 3.75. The van der Waals surface area contributed by atoms with Gasteiger partial charge in [-0.2, -0.15) is 0 Å². The van der Waals surface area contributed by atoms with Gasteiger partial charge in [0.2, 0.25) is 0 Å². The highest BCUT2D eigenvalue weighted by Gasteiger charge is 2.18. The van der Waals surface area contributed by atoms with Gasteiger partial charge in [-0.05, 0) is 55.1 Å². The number of hydrogen-bond acceptors (Lipinski definition) is 2. The molecule has 0 radical (unpaired) electrons. The first-order chi connectivity index (χ1) is 9.74. The maximum Gasteiger partial charge on any atom is 0.0529 e. The number of fused-ring (bicyclic) bond motifs is 1. The fraction of sp³-hybridized carbons (Fsp3) is 0.333. The Labute approximate surface area is 121 Å². The van der Waals surface area contributed by atoms with Gasteiger partial charge in [0.15, 0.2) is 0 Å². The molecule has 1 heterocycles. The van der Waals surface area contributed by atoms with E-state index >= 15 is 0 Å². The Morgan fingerprint density at radius 3 is 2.85 bits per heavy atom. The van der Waals surface area contributed by atoms with Crippen LogP contribution in [-0.2, 0) is 6.54 Å². The van der Waals surface area contributed by atoms with Crippen molar-refractivity contribution in [2.45, 2.75) is 32.9 Å². The van der Waals surface area contributed by atoms with Crippen LogP contribution in [0.3, 0.4) is 0 Å². The van der Waals surface area contributed by atoms with Gasteiger partial charge in [-0.3, -0.25) is 0 Å². The fourth-order valence-electron chi connectivity index (χ4n) is 2.89. The lowest BCUT2D eigenvalue weighted by Gasteiger charge is -2.22. The summed E-state index contributed by atoms with van der Waals surface area (Å²) in [7, 11) is 0. The zero-order valence-electron chi connectivity index (χ0n) is 12.2. The van der Waals surface area contributed by atoms with E-state index in [-0.39, 0.29) is 0 Å². The molecule has 20 heavy (non-hydrogen) atoms. The van der Waals surface area contributed by atoms with E-state index in [1.165, 1.54) is 27.9 Å². The van der Waals surface area contributed by atoms with Crippen LogP contribution < -0.4 is 10.6 Å². The van der Waals surface area contributed by atoms with Gasteiger partial charge in [0.05, 0.1) is 6.04 Å². The summed E-state index contributed by atoms with van der Waals surface area (Å²) in [6.45, 7) is 6.34. The highest BCUT2D eigenvalue weighted by atomic mass is 15.0. The van der Waals surface area contributed by atoms with Crippen LogP contribution in [0, 0.1) is 13.8 Å². The van der Waals surface area contributed by atoms with E-state index in [0.29, 0.717) is 6.04 Å². The number of hydrogen-bond donors (Lipinski definition) is 2. The van der Waals surface area contributed by atoms with Crippen LogP contribution in [0.1, 0.15) is 34.7 Å². The zero-order chi connectivity index (χ0) is 13.9. The molecule has 0 fully saturated rings. The predicted molar refractivity (Wildman–Crippen MR) is 85.0 cm³/mol. The first-order valence-corrected chi connectivity index (χ1v) is 7.36. The third kappa shape index (κ3) is 2.70. The second-order valence-corrected chi connectivity index (χ2v) is 5.68. The smallest absolute Gasteiger partial charge is 0.0529 e. The van der Waals surface area contributed by atoms with Crippen molar-refractivity contribution < 1.29 is 0 Å². The van der Waals surface area contributed by atoms with Gasteiger partial charge in [-0.15, -0.1) is 0 Å². The molecule has 0 amide bonds. The van der Waals surface area contributed by atoms with Crippen molar-refractivity contribution >= 4 is 5.69 Å². The Morgan fingerprint density at radius 2 is 1.95 bits per heavy atom. The summed E-state index contributed by atoms with van der Waals surface area (Å²) < 4.78 is 0. The normalized spacial score (nSPS) is 18.2. The molecule has 0 aliphatic carbocycles. The number of nitrogens with one attached hydrogen (secondary N) is 2. The minimum atomic E-state index is 0.390. The van der Waals surface area contributed by atoms with Crippen LogP contribution in [-0.4, -0.2) is 6.54 Å². The Balaban J connectivity index is 1.92. The molecule has 2 N–H and O–H groups in total. The SMILES string of the molecule is Cc1ccc(C)c(NC2CCNCc3ccccc32)c1. The number of aryl methyl sites for hydroxylation is 2. The molecule has 0 bridgehead atoms. The summed E-state index contributed by atoms with van der Waals surface area (Å²) in [6.07, 6.45) is 1.12. The van der Waals surface area contributed by atoms with Crippen LogP contribution >= 0.6 is 0 Å². The lowest BCUT2D eigenvalue weighted by Crippen LogP contribution is -2.15. The molecule has 0 spiro atoms. The second kappa shape index (κ2) is 5.68. The van der Waals surface area contributed by atoms with E-state index in [9.17, 15) is 0 Å². The highest BCUT2D eigenvalue weighted by Crippen LogP contribution is 2.29. The van der Waals surface area contributed by atoms with Crippen molar-refractivity contribution in [1.29, 1.82) is 0 Å². The monoisotopic (exact) mass is 266 g/mol. The molecule has 0 saturated carbocycles. The molecule has 2 aromatic rings. The summed E-state index contributed by atoms with van der Waals surface area (Å²) in [5.41, 5.74) is 6.71. The first-order valence-electron chi connectivity index (χ1n) is 7.36. The number of rotatable bonds is 2. The zero-order valence-corrected chi connectivity index (χ0v) is 12.2. The molecule has 1 aliphatic rings. The average Bonchev–Trinajstić information content (AvgIpc) is 2.66. The van der Waals surface area contributed by atoms with Crippen molar-refractivity contribution in [3.8, 4) is 0 Å². The van der Waals surface area contributed by atoms with Crippen LogP contribution in [0.5, 0.6) is 0 Å². The predicted octanol–water partition coefficient (Wildman–Crippen LogP) is 3.95. The second-order valence-electron chi connectivity index (χ2n) is 5.68. The summed E-state index contributed by atoms with van der Waals surface area (Å²) in [6, 6.07) is 15.7. The third-order valence-corrected chi connectivity index (χ3v) is 4.08. The Hall–Kier alpha value is -1.80. The van der Waals surface area contributed by atoms with Crippen molar-refractivity contribution in [1.82, 2.24) is 5.32 Å². The van der Waals surface area contributed by atoms with Crippen molar-refractivity contribution in [2.24, 2.45) is 0 Å². The van der Waals surface area contributed by atoms with Gasteiger partial charge in [0.25, 0.3) is 0 Å². The van der Waals surface area contributed by atoms with E-state index in [0.717, 1.165) is 19.5 Å². The fourth-order valence-corrected chi connectivity index (χ4v) is 2.89. The van der Waals surface area contributed by atoms with Crippen LogP contribution in [0.15, 0.2) is 42.5 Å². The molecule has 1 aliphatic heterocycles. The number of benzene rings is 2. The molecule has 1 unspecified atom stereocenters. The van der Waals surface area contributed by atoms with Crippen LogP contribution in [0.25, 0.3) is 0 Å². The van der Waals surface area contributed by atoms with Crippen LogP contribution in [0.2, 0.25) is 0 Å². The lowest BCUT2D eigenvalue weighted by atomic mass is 9.98. The van der Waals surface area contributed by atoms with E-state index in [1.54, 1.807) is 0 Å². The molecule has 1 atom stereocenters. The van der Waals surface area contributed by atoms with Gasteiger partial charge >= 0.3 is 0 Å². The maximum absolute atomic E-state index is 3.75. The molecule has 2 heteroatoms. The van der Waals surface area contributed by atoms with Crippen molar-refractivity contribution in [3.05, 3.63) is 64.7 Å². The van der Waals surface area contributed by atoms with Gasteiger partial charge in [-0.25, -0.2) is 0 Å². The topological polar surface area (TPSA) is 24.1 Å². The molecular weight excluding hydrogens is 244 g/mol. The standard InChI is InChI=1S/C18H22N2/c1-13-7-8-14(2)18(11-13)20-17-9-10-19-12-15-5-3-4-6-16(15)17/h3-8,11,17,19-20H,9-10,12H2,1-2H3. The van der Waals surface area contributed by atoms with Crippen molar-refractivity contribution in [2.75, 3.05) is 11.9 Å². The minimum absolute atomic E-state index is 0.390. The van der Waals surface area contributed by atoms with E-state index < -0.39 is 0 Å². The molecule has 2 nitrogen and oxygen atoms in total. The van der Waals surface area contributed by atoms with E-state index in [2.05, 4.69) is 66.9 Å². The molecule has 0 aromatic heterocycles. The quantitative estimate of drug-likeness (QED) is 0.860. The van der Waals surface area contributed by atoms with Gasteiger partial charge in [0, 0.05) is 12.2 Å². The molecule has 2 aromatic carbocycles.